The Morgan fingerprint density at radius 2 is 0.943 bits per heavy atom. The summed E-state index contributed by atoms with van der Waals surface area (Å²) < 4.78 is 17.9. The molecule has 2 aliphatic heterocycles. The zero-order valence-corrected chi connectivity index (χ0v) is 18.6. The van der Waals surface area contributed by atoms with E-state index in [-0.39, 0.29) is 6.71 Å². The first kappa shape index (κ1) is 17.8. The van der Waals surface area contributed by atoms with E-state index >= 15 is 0 Å². The molecule has 0 bridgehead atoms. The molecule has 0 atom stereocenters. The van der Waals surface area contributed by atoms with Crippen LogP contribution in [0.15, 0.2) is 112 Å². The van der Waals surface area contributed by atoms with Crippen molar-refractivity contribution in [3.8, 4) is 11.4 Å². The van der Waals surface area contributed by atoms with Crippen LogP contribution in [-0.4, -0.2) is 15.8 Å². The van der Waals surface area contributed by atoms with Crippen LogP contribution in [-0.2, 0) is 0 Å². The molecule has 0 aliphatic carbocycles. The van der Waals surface area contributed by atoms with Crippen molar-refractivity contribution in [3.63, 3.8) is 0 Å². The first-order valence-corrected chi connectivity index (χ1v) is 11.9. The van der Waals surface area contributed by atoms with Gasteiger partial charge in [-0.3, -0.25) is 0 Å². The van der Waals surface area contributed by atoms with Crippen LogP contribution in [0, 0.1) is 0 Å². The monoisotopic (exact) mass is 448 g/mol. The van der Waals surface area contributed by atoms with Crippen molar-refractivity contribution in [2.75, 3.05) is 0 Å². The van der Waals surface area contributed by atoms with Gasteiger partial charge in [-0.25, -0.2) is 0 Å². The molecule has 0 N–H and O–H groups in total. The molecule has 0 spiro atoms. The summed E-state index contributed by atoms with van der Waals surface area (Å²) in [6.07, 6.45) is 0. The number of aromatic nitrogens is 2. The summed E-state index contributed by atoms with van der Waals surface area (Å²) >= 11 is 0. The average molecular weight is 448 g/mol. The Labute approximate surface area is 200 Å². The van der Waals surface area contributed by atoms with E-state index in [4.69, 9.17) is 8.83 Å². The highest BCUT2D eigenvalue weighted by Gasteiger charge is 2.40. The molecule has 2 aliphatic rings. The van der Waals surface area contributed by atoms with Gasteiger partial charge in [-0.2, -0.15) is 0 Å². The van der Waals surface area contributed by atoms with Crippen molar-refractivity contribution >= 4 is 67.5 Å². The Balaban J connectivity index is 1.66. The van der Waals surface area contributed by atoms with Crippen LogP contribution in [0.4, 0.5) is 0 Å². The van der Waals surface area contributed by atoms with Crippen molar-refractivity contribution < 1.29 is 8.83 Å². The van der Waals surface area contributed by atoms with Crippen LogP contribution < -0.4 is 16.4 Å². The first-order chi connectivity index (χ1) is 17.4. The number of fused-ring (bicyclic) bond motifs is 10. The van der Waals surface area contributed by atoms with Crippen LogP contribution in [0.3, 0.4) is 0 Å². The summed E-state index contributed by atoms with van der Waals surface area (Å²) in [5, 5.41) is 0. The molecular formula is C30H17BN2O2. The summed E-state index contributed by atoms with van der Waals surface area (Å²) in [6.45, 7) is 0.0846. The van der Waals surface area contributed by atoms with E-state index in [2.05, 4.69) is 88.0 Å². The van der Waals surface area contributed by atoms with Crippen molar-refractivity contribution in [3.05, 3.63) is 103 Å². The zero-order valence-electron chi connectivity index (χ0n) is 18.6. The Bertz CT molecular complexity index is 1940. The molecule has 0 radical (unpaired) electrons. The third-order valence-corrected chi connectivity index (χ3v) is 7.60. The van der Waals surface area contributed by atoms with Gasteiger partial charge in [0.25, 0.3) is 6.71 Å². The molecule has 35 heavy (non-hydrogen) atoms. The molecular weight excluding hydrogens is 431 g/mol. The van der Waals surface area contributed by atoms with Crippen molar-refractivity contribution in [1.29, 1.82) is 0 Å². The number of hydrogen-bond donors (Lipinski definition) is 0. The molecule has 0 saturated heterocycles. The fraction of sp³-hybridized carbons (Fsp3) is 0. The number of para-hydroxylation sites is 6. The number of benzene rings is 5. The third kappa shape index (κ3) is 2.06. The standard InChI is InChI=1S/C30H17BN2O2/c1-3-11-20-18(9-1)31-19-10-2-4-12-21(19)33-23-14-6-8-16-25(23)35-27-17-26-29(28(31)30(27)33)32(20)22-13-5-7-15-24(22)34-26/h1-17H. The number of hydrogen-bond acceptors (Lipinski definition) is 2. The minimum Gasteiger partial charge on any atom is -0.453 e. The van der Waals surface area contributed by atoms with Gasteiger partial charge in [0.05, 0.1) is 22.1 Å². The summed E-state index contributed by atoms with van der Waals surface area (Å²) in [4.78, 5) is 0. The zero-order chi connectivity index (χ0) is 22.7. The molecule has 4 heterocycles. The molecule has 2 aromatic heterocycles. The lowest BCUT2D eigenvalue weighted by atomic mass is 9.34. The predicted octanol–water partition coefficient (Wildman–Crippen LogP) is 5.33. The van der Waals surface area contributed by atoms with Crippen LogP contribution >= 0.6 is 0 Å². The number of nitrogens with zero attached hydrogens (tertiary/aromatic N) is 2. The molecule has 5 heteroatoms. The maximum atomic E-state index is 6.55. The second-order valence-corrected chi connectivity index (χ2v) is 9.34. The average Bonchev–Trinajstić information content (AvgIpc) is 2.92. The smallest absolute Gasteiger partial charge is 0.252 e. The van der Waals surface area contributed by atoms with E-state index < -0.39 is 0 Å². The second-order valence-electron chi connectivity index (χ2n) is 9.34. The maximum absolute atomic E-state index is 6.55. The summed E-state index contributed by atoms with van der Waals surface area (Å²) in [5.74, 6) is 0. The Morgan fingerprint density at radius 1 is 0.486 bits per heavy atom. The van der Waals surface area contributed by atoms with Gasteiger partial charge in [-0.15, -0.1) is 0 Å². The largest absolute Gasteiger partial charge is 0.453 e. The van der Waals surface area contributed by atoms with Gasteiger partial charge in [0.15, 0.2) is 22.3 Å². The lowest BCUT2D eigenvalue weighted by molar-refractivity contribution is 0.639. The molecule has 9 rings (SSSR count). The van der Waals surface area contributed by atoms with Crippen molar-refractivity contribution in [2.24, 2.45) is 0 Å². The van der Waals surface area contributed by atoms with Gasteiger partial charge in [-0.1, -0.05) is 60.7 Å². The molecule has 0 saturated carbocycles. The molecule has 0 amide bonds. The summed E-state index contributed by atoms with van der Waals surface area (Å²) in [7, 11) is 0. The first-order valence-electron chi connectivity index (χ1n) is 11.9. The second kappa shape index (κ2) is 6.07. The number of rotatable bonds is 0. The van der Waals surface area contributed by atoms with Crippen molar-refractivity contribution in [2.45, 2.75) is 0 Å². The third-order valence-electron chi connectivity index (χ3n) is 7.60. The molecule has 4 nitrogen and oxygen atoms in total. The molecule has 5 aromatic carbocycles. The van der Waals surface area contributed by atoms with E-state index in [0.29, 0.717) is 0 Å². The Hall–Kier alpha value is -4.64. The van der Waals surface area contributed by atoms with Gasteiger partial charge >= 0.3 is 0 Å². The molecule has 7 aromatic rings. The van der Waals surface area contributed by atoms with E-state index in [1.165, 1.54) is 27.8 Å². The van der Waals surface area contributed by atoms with E-state index in [1.807, 2.05) is 24.3 Å². The quantitative estimate of drug-likeness (QED) is 0.232. The maximum Gasteiger partial charge on any atom is 0.252 e. The highest BCUT2D eigenvalue weighted by molar-refractivity contribution is 7.00. The van der Waals surface area contributed by atoms with E-state index in [1.54, 1.807) is 0 Å². The van der Waals surface area contributed by atoms with E-state index in [0.717, 1.165) is 44.4 Å². The van der Waals surface area contributed by atoms with Gasteiger partial charge in [-0.05, 0) is 52.8 Å². The van der Waals surface area contributed by atoms with Crippen LogP contribution in [0.5, 0.6) is 0 Å². The Morgan fingerprint density at radius 3 is 1.49 bits per heavy atom. The highest BCUT2D eigenvalue weighted by Crippen LogP contribution is 2.36. The van der Waals surface area contributed by atoms with Gasteiger partial charge in [0, 0.05) is 17.4 Å². The summed E-state index contributed by atoms with van der Waals surface area (Å²) in [6, 6.07) is 36.2. The topological polar surface area (TPSA) is 36.1 Å². The fourth-order valence-corrected chi connectivity index (χ4v) is 6.31. The lowest BCUT2D eigenvalue weighted by Crippen LogP contribution is -2.59. The van der Waals surface area contributed by atoms with E-state index in [9.17, 15) is 0 Å². The molecule has 0 fully saturated rings. The SMILES string of the molecule is c1ccc2c(c1)B1c3ccccc3-n3c4ccccc4oc4cc5oc6ccccc6n-2c5c1c43. The summed E-state index contributed by atoms with van der Waals surface area (Å²) in [5.41, 5.74) is 13.9. The van der Waals surface area contributed by atoms with Gasteiger partial charge in [0.1, 0.15) is 0 Å². The normalized spacial score (nSPS) is 13.1. The fourth-order valence-electron chi connectivity index (χ4n) is 6.31. The lowest BCUT2D eigenvalue weighted by Gasteiger charge is -2.35. The Kier molecular flexibility index (Phi) is 3.09. The van der Waals surface area contributed by atoms with Crippen LogP contribution in [0.25, 0.3) is 55.8 Å². The molecule has 162 valence electrons. The predicted molar refractivity (Wildman–Crippen MR) is 142 cm³/mol. The van der Waals surface area contributed by atoms with Crippen molar-refractivity contribution in [1.82, 2.24) is 9.13 Å². The minimum atomic E-state index is 0.0846. The minimum absolute atomic E-state index is 0.0846. The van der Waals surface area contributed by atoms with Gasteiger partial charge < -0.3 is 18.0 Å². The van der Waals surface area contributed by atoms with Crippen LogP contribution in [0.2, 0.25) is 0 Å². The highest BCUT2D eigenvalue weighted by atomic mass is 16.3. The van der Waals surface area contributed by atoms with Gasteiger partial charge in [0.2, 0.25) is 0 Å². The van der Waals surface area contributed by atoms with Crippen LogP contribution in [0.1, 0.15) is 0 Å². The molecule has 0 unspecified atom stereocenters.